The van der Waals surface area contributed by atoms with E-state index < -0.39 is 73.6 Å². The zero-order chi connectivity index (χ0) is 34.3. The quantitative estimate of drug-likeness (QED) is 0.152. The van der Waals surface area contributed by atoms with Gasteiger partial charge in [0.25, 0.3) is 0 Å². The Morgan fingerprint density at radius 1 is 0.833 bits per heavy atom. The number of hydrogen-bond donors (Lipinski definition) is 7. The summed E-state index contributed by atoms with van der Waals surface area (Å²) < 4.78 is 29.2. The van der Waals surface area contributed by atoms with E-state index in [1.54, 1.807) is 6.92 Å². The molecule has 0 radical (unpaired) electrons. The summed E-state index contributed by atoms with van der Waals surface area (Å²) >= 11 is 0. The van der Waals surface area contributed by atoms with Gasteiger partial charge in [-0.2, -0.15) is 0 Å². The highest BCUT2D eigenvalue weighted by Crippen LogP contribution is 2.70. The fourth-order valence-corrected chi connectivity index (χ4v) is 11.2. The first kappa shape index (κ1) is 35.2. The Morgan fingerprint density at radius 2 is 1.56 bits per heavy atom. The third kappa shape index (κ3) is 5.42. The van der Waals surface area contributed by atoms with Crippen LogP contribution in [0.3, 0.4) is 0 Å². The fraction of sp³-hybridized carbons (Fsp3) is 0.914. The molecule has 0 aromatic rings. The number of rotatable bonds is 6. The topological polar surface area (TPSA) is 205 Å². The second-order valence-corrected chi connectivity index (χ2v) is 16.3. The molecule has 0 bridgehead atoms. The smallest absolute Gasteiger partial charge is 0.314 e. The van der Waals surface area contributed by atoms with Crippen LogP contribution in [0.5, 0.6) is 0 Å². The molecule has 13 nitrogen and oxygen atoms in total. The monoisotopic (exact) mass is 682 g/mol. The van der Waals surface area contributed by atoms with Gasteiger partial charge in [-0.1, -0.05) is 13.8 Å². The van der Waals surface area contributed by atoms with E-state index in [1.165, 1.54) is 0 Å². The molecule has 0 amide bonds. The minimum Gasteiger partial charge on any atom is -0.431 e. The van der Waals surface area contributed by atoms with Crippen molar-refractivity contribution in [2.45, 2.75) is 158 Å². The van der Waals surface area contributed by atoms with E-state index in [9.17, 15) is 40.5 Å². The van der Waals surface area contributed by atoms with Crippen molar-refractivity contribution in [1.82, 2.24) is 0 Å². The van der Waals surface area contributed by atoms with Crippen molar-refractivity contribution in [2.75, 3.05) is 6.61 Å². The Kier molecular flexibility index (Phi) is 9.36. The van der Waals surface area contributed by atoms with Crippen LogP contribution in [-0.2, 0) is 28.5 Å². The van der Waals surface area contributed by atoms with Gasteiger partial charge in [0.15, 0.2) is 12.6 Å². The molecule has 7 rings (SSSR count). The molecule has 2 saturated heterocycles. The van der Waals surface area contributed by atoms with Crippen LogP contribution in [0.1, 0.15) is 85.0 Å². The second kappa shape index (κ2) is 12.8. The van der Waals surface area contributed by atoms with Gasteiger partial charge in [0, 0.05) is 11.3 Å². The number of fused-ring (bicyclic) bond motifs is 5. The number of aliphatic hydroxyl groups is 7. The van der Waals surface area contributed by atoms with Crippen molar-refractivity contribution < 1.29 is 64.2 Å². The van der Waals surface area contributed by atoms with Crippen molar-refractivity contribution in [3.63, 3.8) is 0 Å². The summed E-state index contributed by atoms with van der Waals surface area (Å²) in [4.78, 5) is 11.9. The average molecular weight is 683 g/mol. The number of cyclic esters (lactones) is 1. The van der Waals surface area contributed by atoms with Gasteiger partial charge < -0.3 is 59.4 Å². The molecule has 4 saturated carbocycles. The minimum atomic E-state index is -1.65. The molecule has 18 atom stereocenters. The van der Waals surface area contributed by atoms with Crippen molar-refractivity contribution in [3.05, 3.63) is 11.8 Å². The second-order valence-electron chi connectivity index (χ2n) is 16.3. The number of allylic oxidation sites excluding steroid dienone is 1. The molecule has 48 heavy (non-hydrogen) atoms. The fourth-order valence-electron chi connectivity index (χ4n) is 11.2. The maximum absolute atomic E-state index is 12.5. The van der Waals surface area contributed by atoms with E-state index >= 15 is 0 Å². The summed E-state index contributed by atoms with van der Waals surface area (Å²) in [6, 6.07) is 0. The van der Waals surface area contributed by atoms with Gasteiger partial charge in [0.1, 0.15) is 48.5 Å². The molecule has 7 aliphatic rings. The number of aliphatic hydroxyl groups excluding tert-OH is 6. The summed E-state index contributed by atoms with van der Waals surface area (Å²) in [7, 11) is 0. The van der Waals surface area contributed by atoms with Gasteiger partial charge in [-0.15, -0.1) is 0 Å². The van der Waals surface area contributed by atoms with Crippen molar-refractivity contribution in [3.8, 4) is 0 Å². The van der Waals surface area contributed by atoms with Crippen LogP contribution in [-0.4, -0.2) is 121 Å². The Hall–Kier alpha value is -1.23. The molecule has 6 fully saturated rings. The molecule has 0 unspecified atom stereocenters. The standard InChI is InChI=1S/C35H54O13/c1-16-30(48-32-28(41)26(39)25(38)23(15-36)47-32)27(40)29(42)31(44-16)45-18-8-11-33(2)17(14-18)4-5-20-19(33)9-12-34(3)21(10-13-35(20,34)43)22-6-7-24(37)46-22/h6,16-21,23,25-32,36,38-43H,4-5,7-15H2,1-3H3/t16-,17-,18+,19+,20-,21-,23-,25-,26+,27-,28-,29-,30+,31+,32+,33+,34-,35+/m1/s1. The molecule has 13 heteroatoms. The number of hydrogen-bond acceptors (Lipinski definition) is 13. The number of ether oxygens (including phenoxy) is 5. The van der Waals surface area contributed by atoms with Crippen LogP contribution in [0.25, 0.3) is 0 Å². The number of carbonyl (C=O) groups excluding carboxylic acids is 1. The normalized spacial score (nSPS) is 55.3. The van der Waals surface area contributed by atoms with Crippen LogP contribution < -0.4 is 0 Å². The molecule has 3 aliphatic heterocycles. The molecule has 3 heterocycles. The van der Waals surface area contributed by atoms with Gasteiger partial charge in [-0.3, -0.25) is 4.79 Å². The lowest BCUT2D eigenvalue weighted by Gasteiger charge is -2.63. The molecule has 0 spiro atoms. The maximum atomic E-state index is 12.5. The first-order valence-electron chi connectivity index (χ1n) is 18.0. The van der Waals surface area contributed by atoms with Gasteiger partial charge in [0.2, 0.25) is 0 Å². The van der Waals surface area contributed by atoms with Crippen LogP contribution >= 0.6 is 0 Å². The Bertz CT molecular complexity index is 1240. The van der Waals surface area contributed by atoms with Gasteiger partial charge >= 0.3 is 5.97 Å². The molecular formula is C35H54O13. The van der Waals surface area contributed by atoms with Crippen LogP contribution in [0, 0.1) is 34.5 Å². The Labute approximate surface area is 281 Å². The summed E-state index contributed by atoms with van der Waals surface area (Å²) in [5, 5.41) is 74.7. The van der Waals surface area contributed by atoms with E-state index in [0.717, 1.165) is 63.5 Å². The summed E-state index contributed by atoms with van der Waals surface area (Å²) in [5.74, 6) is 1.53. The summed E-state index contributed by atoms with van der Waals surface area (Å²) in [6.45, 7) is 5.60. The molecular weight excluding hydrogens is 628 g/mol. The molecule has 4 aliphatic carbocycles. The first-order chi connectivity index (χ1) is 22.7. The van der Waals surface area contributed by atoms with Crippen LogP contribution in [0.4, 0.5) is 0 Å². The van der Waals surface area contributed by atoms with E-state index in [0.29, 0.717) is 18.3 Å². The summed E-state index contributed by atoms with van der Waals surface area (Å²) in [6.07, 6.45) is -3.69. The van der Waals surface area contributed by atoms with Crippen molar-refractivity contribution in [2.24, 2.45) is 34.5 Å². The molecule has 7 N–H and O–H groups in total. The maximum Gasteiger partial charge on any atom is 0.314 e. The Balaban J connectivity index is 0.975. The van der Waals surface area contributed by atoms with E-state index in [1.807, 2.05) is 6.08 Å². The highest BCUT2D eigenvalue weighted by Gasteiger charge is 2.68. The molecule has 272 valence electrons. The third-order valence-electron chi connectivity index (χ3n) is 14.1. The average Bonchev–Trinajstić information content (AvgIpc) is 3.61. The lowest BCUT2D eigenvalue weighted by atomic mass is 9.43. The predicted molar refractivity (Wildman–Crippen MR) is 165 cm³/mol. The van der Waals surface area contributed by atoms with Crippen molar-refractivity contribution >= 4 is 5.97 Å². The predicted octanol–water partition coefficient (Wildman–Crippen LogP) is 0.628. The minimum absolute atomic E-state index is 0.0280. The molecule has 0 aromatic heterocycles. The summed E-state index contributed by atoms with van der Waals surface area (Å²) in [5.41, 5.74) is -1.11. The van der Waals surface area contributed by atoms with Gasteiger partial charge in [-0.05, 0) is 94.0 Å². The highest BCUT2D eigenvalue weighted by molar-refractivity contribution is 5.75. The first-order valence-corrected chi connectivity index (χ1v) is 18.0. The lowest BCUT2D eigenvalue weighted by Crippen LogP contribution is -2.64. The highest BCUT2D eigenvalue weighted by atomic mass is 16.7. The van der Waals surface area contributed by atoms with Crippen LogP contribution in [0.15, 0.2) is 11.8 Å². The largest absolute Gasteiger partial charge is 0.431 e. The lowest BCUT2D eigenvalue weighted by molar-refractivity contribution is -0.360. The van der Waals surface area contributed by atoms with Crippen molar-refractivity contribution in [1.29, 1.82) is 0 Å². The number of carbonyl (C=O) groups is 1. The third-order valence-corrected chi connectivity index (χ3v) is 14.1. The number of esters is 1. The van der Waals surface area contributed by atoms with Crippen LogP contribution in [0.2, 0.25) is 0 Å². The van der Waals surface area contributed by atoms with Gasteiger partial charge in [0.05, 0.1) is 30.8 Å². The van der Waals surface area contributed by atoms with E-state index in [2.05, 4.69) is 13.8 Å². The zero-order valence-corrected chi connectivity index (χ0v) is 28.1. The van der Waals surface area contributed by atoms with Gasteiger partial charge in [-0.25, -0.2) is 0 Å². The van der Waals surface area contributed by atoms with E-state index in [4.69, 9.17) is 23.7 Å². The molecule has 0 aromatic carbocycles. The Morgan fingerprint density at radius 3 is 2.27 bits per heavy atom. The SMILES string of the molecule is C[C@H]1O[C@@H](O[C@H]2CC[C@@]3(C)[C@H](CC[C@@H]4[C@@H]3CC[C@]3(C)[C@@H](C5=CCC(=O)O5)CC[C@]43O)C2)[C@H](O)[C@@H](O)[C@H]1O[C@@H]1O[C@H](CO)[C@@H](O)[C@H](O)[C@H]1O. The zero-order valence-electron chi connectivity index (χ0n) is 28.1. The van der Waals surface area contributed by atoms with E-state index in [-0.39, 0.29) is 34.7 Å².